The molecular formula is C13H19N3S. The molecular weight excluding hydrogens is 230 g/mol. The maximum atomic E-state index is 4.70. The molecule has 92 valence electrons. The second-order valence-electron chi connectivity index (χ2n) is 4.90. The fourth-order valence-electron chi connectivity index (χ4n) is 2.59. The maximum Gasteiger partial charge on any atom is 0.138 e. The Hall–Kier alpha value is -0.610. The van der Waals surface area contributed by atoms with Gasteiger partial charge in [0.2, 0.25) is 0 Å². The van der Waals surface area contributed by atoms with Gasteiger partial charge in [0.05, 0.1) is 5.75 Å². The Morgan fingerprint density at radius 3 is 3.12 bits per heavy atom. The van der Waals surface area contributed by atoms with Gasteiger partial charge in [0, 0.05) is 42.2 Å². The molecule has 0 radical (unpaired) electrons. The first-order valence-electron chi connectivity index (χ1n) is 6.58. The van der Waals surface area contributed by atoms with Gasteiger partial charge in [-0.2, -0.15) is 11.8 Å². The van der Waals surface area contributed by atoms with E-state index in [1.54, 1.807) is 0 Å². The van der Waals surface area contributed by atoms with Gasteiger partial charge in [0.15, 0.2) is 0 Å². The minimum Gasteiger partial charge on any atom is -0.312 e. The summed E-state index contributed by atoms with van der Waals surface area (Å²) in [6.45, 7) is 1.99. The maximum absolute atomic E-state index is 4.70. The van der Waals surface area contributed by atoms with E-state index in [9.17, 15) is 0 Å². The molecule has 3 rings (SSSR count). The van der Waals surface area contributed by atoms with Crippen molar-refractivity contribution in [3.8, 4) is 0 Å². The molecule has 1 saturated carbocycles. The number of aromatic nitrogens is 2. The highest BCUT2D eigenvalue weighted by Crippen LogP contribution is 2.31. The number of fused-ring (bicyclic) bond motifs is 1. The van der Waals surface area contributed by atoms with Crippen molar-refractivity contribution < 1.29 is 0 Å². The molecule has 2 heterocycles. The summed E-state index contributed by atoms with van der Waals surface area (Å²) < 4.78 is 0. The summed E-state index contributed by atoms with van der Waals surface area (Å²) in [7, 11) is 0. The van der Waals surface area contributed by atoms with Crippen LogP contribution in [0.5, 0.6) is 0 Å². The minimum atomic E-state index is 0.858. The van der Waals surface area contributed by atoms with Gasteiger partial charge >= 0.3 is 0 Å². The van der Waals surface area contributed by atoms with Gasteiger partial charge in [-0.15, -0.1) is 0 Å². The van der Waals surface area contributed by atoms with E-state index in [1.807, 2.05) is 18.0 Å². The second kappa shape index (κ2) is 5.36. The molecule has 1 aromatic heterocycles. The second-order valence-corrected chi connectivity index (χ2v) is 6.19. The lowest BCUT2D eigenvalue weighted by Gasteiger charge is -2.16. The van der Waals surface area contributed by atoms with E-state index in [-0.39, 0.29) is 0 Å². The van der Waals surface area contributed by atoms with E-state index >= 15 is 0 Å². The number of nitrogens with one attached hydrogen (secondary N) is 1. The standard InChI is InChI=1S/C13H19N3S/c1-2-4-11(3-1)17-9-13-15-8-10-7-14-6-5-12(10)16-13/h8,11,14H,1-7,9H2. The number of hydrogen-bond acceptors (Lipinski definition) is 4. The van der Waals surface area contributed by atoms with Gasteiger partial charge in [-0.05, 0) is 12.8 Å². The van der Waals surface area contributed by atoms with E-state index in [2.05, 4.69) is 10.3 Å². The van der Waals surface area contributed by atoms with Crippen molar-refractivity contribution >= 4 is 11.8 Å². The summed E-state index contributed by atoms with van der Waals surface area (Å²) in [5, 5.41) is 4.21. The summed E-state index contributed by atoms with van der Waals surface area (Å²) in [5.41, 5.74) is 2.55. The highest BCUT2D eigenvalue weighted by atomic mass is 32.2. The Bertz CT molecular complexity index is 388. The molecule has 0 bridgehead atoms. The van der Waals surface area contributed by atoms with Crippen molar-refractivity contribution in [3.63, 3.8) is 0 Å². The first kappa shape index (κ1) is 11.5. The van der Waals surface area contributed by atoms with Crippen molar-refractivity contribution in [2.45, 2.75) is 49.7 Å². The van der Waals surface area contributed by atoms with Crippen molar-refractivity contribution in [2.75, 3.05) is 6.54 Å². The molecule has 1 aromatic rings. The molecule has 0 spiro atoms. The summed E-state index contributed by atoms with van der Waals surface area (Å²) in [6, 6.07) is 0. The third kappa shape index (κ3) is 2.80. The fraction of sp³-hybridized carbons (Fsp3) is 0.692. The molecule has 0 unspecified atom stereocenters. The molecule has 1 N–H and O–H groups in total. The van der Waals surface area contributed by atoms with Crippen LogP contribution >= 0.6 is 11.8 Å². The molecule has 1 aliphatic heterocycles. The lowest BCUT2D eigenvalue weighted by Crippen LogP contribution is -2.25. The Labute approximate surface area is 107 Å². The molecule has 0 atom stereocenters. The van der Waals surface area contributed by atoms with Crippen LogP contribution in [-0.4, -0.2) is 21.8 Å². The lowest BCUT2D eigenvalue weighted by atomic mass is 10.1. The molecule has 4 heteroatoms. The molecule has 0 saturated heterocycles. The molecule has 2 aliphatic rings. The zero-order valence-electron chi connectivity index (χ0n) is 10.1. The molecule has 1 aliphatic carbocycles. The quantitative estimate of drug-likeness (QED) is 0.892. The number of hydrogen-bond donors (Lipinski definition) is 1. The van der Waals surface area contributed by atoms with Crippen LogP contribution in [0.15, 0.2) is 6.20 Å². The molecule has 0 amide bonds. The van der Waals surface area contributed by atoms with Gasteiger partial charge in [-0.3, -0.25) is 0 Å². The Morgan fingerprint density at radius 1 is 1.35 bits per heavy atom. The number of rotatable bonds is 3. The average Bonchev–Trinajstić information content (AvgIpc) is 2.89. The molecule has 0 aromatic carbocycles. The zero-order valence-corrected chi connectivity index (χ0v) is 10.9. The van der Waals surface area contributed by atoms with Gasteiger partial charge in [0.1, 0.15) is 5.82 Å². The topological polar surface area (TPSA) is 37.8 Å². The Balaban J connectivity index is 1.62. The number of nitrogens with zero attached hydrogens (tertiary/aromatic N) is 2. The van der Waals surface area contributed by atoms with Crippen LogP contribution in [0.4, 0.5) is 0 Å². The van der Waals surface area contributed by atoms with Crippen LogP contribution in [0, 0.1) is 0 Å². The van der Waals surface area contributed by atoms with E-state index in [1.165, 1.54) is 36.9 Å². The van der Waals surface area contributed by atoms with E-state index in [0.717, 1.165) is 36.3 Å². The first-order valence-corrected chi connectivity index (χ1v) is 7.63. The zero-order chi connectivity index (χ0) is 11.5. The van der Waals surface area contributed by atoms with Crippen LogP contribution in [0.3, 0.4) is 0 Å². The SMILES string of the molecule is c1nc(CSC2CCCC2)nc2c1CNCC2. The van der Waals surface area contributed by atoms with E-state index in [0.29, 0.717) is 0 Å². The third-order valence-corrected chi connectivity index (χ3v) is 4.98. The van der Waals surface area contributed by atoms with Gasteiger partial charge in [0.25, 0.3) is 0 Å². The first-order chi connectivity index (χ1) is 8.42. The molecule has 17 heavy (non-hydrogen) atoms. The number of thioether (sulfide) groups is 1. The van der Waals surface area contributed by atoms with Gasteiger partial charge < -0.3 is 5.32 Å². The van der Waals surface area contributed by atoms with Gasteiger partial charge in [-0.25, -0.2) is 9.97 Å². The van der Waals surface area contributed by atoms with Crippen LogP contribution in [0.1, 0.15) is 42.8 Å². The third-order valence-electron chi connectivity index (χ3n) is 3.61. The Kier molecular flexibility index (Phi) is 3.62. The Morgan fingerprint density at radius 2 is 2.24 bits per heavy atom. The van der Waals surface area contributed by atoms with Crippen LogP contribution in [-0.2, 0) is 18.7 Å². The van der Waals surface area contributed by atoms with Crippen LogP contribution in [0.25, 0.3) is 0 Å². The summed E-state index contributed by atoms with van der Waals surface area (Å²) in [5.74, 6) is 2.02. The summed E-state index contributed by atoms with van der Waals surface area (Å²) in [6.07, 6.45) is 8.67. The fourth-order valence-corrected chi connectivity index (χ4v) is 3.78. The van der Waals surface area contributed by atoms with Crippen LogP contribution < -0.4 is 5.32 Å². The molecule has 3 nitrogen and oxygen atoms in total. The highest BCUT2D eigenvalue weighted by molar-refractivity contribution is 7.99. The van der Waals surface area contributed by atoms with Crippen molar-refractivity contribution in [3.05, 3.63) is 23.3 Å². The monoisotopic (exact) mass is 249 g/mol. The van der Waals surface area contributed by atoms with Crippen molar-refractivity contribution in [1.29, 1.82) is 0 Å². The largest absolute Gasteiger partial charge is 0.312 e. The van der Waals surface area contributed by atoms with Crippen molar-refractivity contribution in [2.24, 2.45) is 0 Å². The minimum absolute atomic E-state index is 0.858. The predicted octanol–water partition coefficient (Wildman–Crippen LogP) is 2.30. The van der Waals surface area contributed by atoms with E-state index < -0.39 is 0 Å². The average molecular weight is 249 g/mol. The predicted molar refractivity (Wildman–Crippen MR) is 71.0 cm³/mol. The summed E-state index contributed by atoms with van der Waals surface area (Å²) >= 11 is 2.05. The highest BCUT2D eigenvalue weighted by Gasteiger charge is 2.16. The van der Waals surface area contributed by atoms with Crippen molar-refractivity contribution in [1.82, 2.24) is 15.3 Å². The van der Waals surface area contributed by atoms with E-state index in [4.69, 9.17) is 4.98 Å². The van der Waals surface area contributed by atoms with Crippen LogP contribution in [0.2, 0.25) is 0 Å². The molecule has 1 fully saturated rings. The normalized spacial score (nSPS) is 20.5. The smallest absolute Gasteiger partial charge is 0.138 e. The summed E-state index contributed by atoms with van der Waals surface area (Å²) in [4.78, 5) is 9.18. The lowest BCUT2D eigenvalue weighted by molar-refractivity contribution is 0.622. The van der Waals surface area contributed by atoms with Gasteiger partial charge in [-0.1, -0.05) is 12.8 Å².